The van der Waals surface area contributed by atoms with Crippen molar-refractivity contribution in [1.82, 2.24) is 4.90 Å². The molecular weight excluding hydrogens is 364 g/mol. The summed E-state index contributed by atoms with van der Waals surface area (Å²) in [5.74, 6) is -0.785. The molecule has 1 saturated heterocycles. The van der Waals surface area contributed by atoms with Gasteiger partial charge in [-0.2, -0.15) is 0 Å². The Labute approximate surface area is 163 Å². The predicted molar refractivity (Wildman–Crippen MR) is 102 cm³/mol. The van der Waals surface area contributed by atoms with E-state index in [2.05, 4.69) is 5.32 Å². The molecule has 28 heavy (non-hydrogen) atoms. The van der Waals surface area contributed by atoms with Crippen LogP contribution >= 0.6 is 0 Å². The second kappa shape index (κ2) is 8.60. The Morgan fingerprint density at radius 2 is 2.11 bits per heavy atom. The van der Waals surface area contributed by atoms with E-state index in [1.165, 1.54) is 0 Å². The predicted octanol–water partition coefficient (Wildman–Crippen LogP) is 2.28. The molecule has 1 aromatic rings. The first-order valence-electron chi connectivity index (χ1n) is 9.60. The molecule has 2 amide bonds. The number of carboxylic acid groups (broad SMARTS) is 1. The lowest BCUT2D eigenvalue weighted by molar-refractivity contribution is -0.148. The number of rotatable bonds is 5. The fraction of sp³-hybridized carbons (Fsp3) is 0.550. The molecular formula is C20H26N2O6. The van der Waals surface area contributed by atoms with Crippen LogP contribution in [0.5, 0.6) is 5.75 Å². The van der Waals surface area contributed by atoms with Crippen LogP contribution in [0.4, 0.5) is 5.69 Å². The van der Waals surface area contributed by atoms with Crippen molar-refractivity contribution < 1.29 is 29.0 Å². The molecule has 1 aromatic carbocycles. The van der Waals surface area contributed by atoms with Crippen molar-refractivity contribution in [3.05, 3.63) is 23.8 Å². The molecule has 0 unspecified atom stereocenters. The van der Waals surface area contributed by atoms with E-state index in [9.17, 15) is 14.4 Å². The van der Waals surface area contributed by atoms with Crippen LogP contribution in [0.1, 0.15) is 49.4 Å². The highest BCUT2D eigenvalue weighted by molar-refractivity contribution is 5.99. The van der Waals surface area contributed by atoms with Gasteiger partial charge in [0.15, 0.2) is 0 Å². The number of carboxylic acids is 1. The number of benzene rings is 1. The second-order valence-electron chi connectivity index (χ2n) is 7.28. The minimum atomic E-state index is -0.900. The molecule has 1 fully saturated rings. The van der Waals surface area contributed by atoms with Gasteiger partial charge < -0.3 is 24.8 Å². The number of anilines is 1. The summed E-state index contributed by atoms with van der Waals surface area (Å²) in [6, 6.07) is 4.82. The van der Waals surface area contributed by atoms with Crippen LogP contribution in [0.15, 0.2) is 18.2 Å². The third kappa shape index (κ3) is 4.44. The zero-order valence-electron chi connectivity index (χ0n) is 16.1. The number of carbonyl (C=O) groups excluding carboxylic acids is 2. The highest BCUT2D eigenvalue weighted by atomic mass is 16.5. The Bertz CT molecular complexity index is 765. The Morgan fingerprint density at radius 3 is 2.82 bits per heavy atom. The number of fused-ring (bicyclic) bond motifs is 2. The molecule has 3 rings (SSSR count). The molecule has 0 bridgehead atoms. The lowest BCUT2D eigenvalue weighted by atomic mass is 9.94. The highest BCUT2D eigenvalue weighted by Crippen LogP contribution is 2.32. The van der Waals surface area contributed by atoms with Gasteiger partial charge in [0.25, 0.3) is 5.91 Å². The summed E-state index contributed by atoms with van der Waals surface area (Å²) in [5, 5.41) is 11.8. The zero-order valence-corrected chi connectivity index (χ0v) is 16.1. The topological polar surface area (TPSA) is 105 Å². The Hall–Kier alpha value is -2.61. The van der Waals surface area contributed by atoms with Crippen LogP contribution < -0.4 is 10.1 Å². The summed E-state index contributed by atoms with van der Waals surface area (Å²) >= 11 is 0. The average Bonchev–Trinajstić information content (AvgIpc) is 2.65. The van der Waals surface area contributed by atoms with Gasteiger partial charge in [-0.15, -0.1) is 0 Å². The van der Waals surface area contributed by atoms with Crippen molar-refractivity contribution in [2.24, 2.45) is 0 Å². The Morgan fingerprint density at radius 1 is 1.32 bits per heavy atom. The number of nitrogens with zero attached hydrogens (tertiary/aromatic N) is 1. The lowest BCUT2D eigenvalue weighted by Crippen LogP contribution is -2.53. The normalized spacial score (nSPS) is 24.3. The number of hydrogen-bond donors (Lipinski definition) is 2. The van der Waals surface area contributed by atoms with E-state index in [-0.39, 0.29) is 43.1 Å². The number of hydrogen-bond acceptors (Lipinski definition) is 5. The summed E-state index contributed by atoms with van der Waals surface area (Å²) < 4.78 is 11.8. The summed E-state index contributed by atoms with van der Waals surface area (Å²) in [4.78, 5) is 37.5. The molecule has 0 aliphatic carbocycles. The van der Waals surface area contributed by atoms with E-state index in [1.807, 2.05) is 6.92 Å². The molecule has 8 heteroatoms. The zero-order chi connectivity index (χ0) is 20.3. The lowest BCUT2D eigenvalue weighted by Gasteiger charge is -2.42. The first kappa shape index (κ1) is 20.1. The van der Waals surface area contributed by atoms with E-state index >= 15 is 0 Å². The van der Waals surface area contributed by atoms with Gasteiger partial charge in [-0.05, 0) is 37.5 Å². The fourth-order valence-corrected chi connectivity index (χ4v) is 3.75. The number of nitrogens with one attached hydrogen (secondary N) is 1. The maximum absolute atomic E-state index is 13.1. The van der Waals surface area contributed by atoms with Crippen LogP contribution in [0, 0.1) is 0 Å². The minimum absolute atomic E-state index is 0.0573. The largest absolute Gasteiger partial charge is 0.490 e. The number of carbonyl (C=O) groups is 3. The van der Waals surface area contributed by atoms with Crippen LogP contribution in [-0.4, -0.2) is 59.7 Å². The van der Waals surface area contributed by atoms with Crippen molar-refractivity contribution >= 4 is 23.5 Å². The third-order valence-electron chi connectivity index (χ3n) is 5.17. The van der Waals surface area contributed by atoms with E-state index in [0.717, 1.165) is 6.42 Å². The molecule has 3 atom stereocenters. The highest BCUT2D eigenvalue weighted by Gasteiger charge is 2.39. The van der Waals surface area contributed by atoms with Crippen molar-refractivity contribution in [1.29, 1.82) is 0 Å². The van der Waals surface area contributed by atoms with Crippen molar-refractivity contribution in [3.8, 4) is 5.75 Å². The molecule has 0 saturated carbocycles. The molecule has 152 valence electrons. The Balaban J connectivity index is 1.80. The number of aliphatic carboxylic acids is 1. The maximum atomic E-state index is 13.1. The number of amides is 2. The standard InChI is InChI=1S/C20H26N2O6/c1-3-4-18(23)21-12-5-8-16-14(9-12)20(26)22(2)15-7-6-13(10-19(24)25)28-17(15)11-27-16/h5,8-9,13,15,17H,3-4,6-7,10-11H2,1-2H3,(H,21,23)(H,24,25)/t13-,15-,17-/m1/s1. The first-order chi connectivity index (χ1) is 13.4. The molecule has 2 N–H and O–H groups in total. The monoisotopic (exact) mass is 390 g/mol. The van der Waals surface area contributed by atoms with E-state index in [4.69, 9.17) is 14.6 Å². The number of likely N-dealkylation sites (N-methyl/N-ethyl adjacent to an activating group) is 1. The van der Waals surface area contributed by atoms with Crippen LogP contribution in [0.3, 0.4) is 0 Å². The van der Waals surface area contributed by atoms with Gasteiger partial charge in [-0.1, -0.05) is 6.92 Å². The van der Waals surface area contributed by atoms with E-state index in [0.29, 0.717) is 36.3 Å². The van der Waals surface area contributed by atoms with Gasteiger partial charge in [0.2, 0.25) is 5.91 Å². The molecule has 0 spiro atoms. The summed E-state index contributed by atoms with van der Waals surface area (Å²) in [5.41, 5.74) is 0.948. The van der Waals surface area contributed by atoms with Crippen LogP contribution in [0.2, 0.25) is 0 Å². The summed E-state index contributed by atoms with van der Waals surface area (Å²) in [6.07, 6.45) is 1.57. The van der Waals surface area contributed by atoms with E-state index in [1.54, 1.807) is 30.1 Å². The van der Waals surface area contributed by atoms with Crippen molar-refractivity contribution in [2.45, 2.75) is 57.3 Å². The van der Waals surface area contributed by atoms with Gasteiger partial charge in [-0.25, -0.2) is 0 Å². The van der Waals surface area contributed by atoms with Crippen LogP contribution in [0.25, 0.3) is 0 Å². The molecule has 0 radical (unpaired) electrons. The first-order valence-corrected chi connectivity index (χ1v) is 9.60. The average molecular weight is 390 g/mol. The molecule has 2 heterocycles. The van der Waals surface area contributed by atoms with Crippen molar-refractivity contribution in [2.75, 3.05) is 19.0 Å². The van der Waals surface area contributed by atoms with Gasteiger partial charge >= 0.3 is 5.97 Å². The summed E-state index contributed by atoms with van der Waals surface area (Å²) in [6.45, 7) is 2.16. The Kier molecular flexibility index (Phi) is 6.18. The van der Waals surface area contributed by atoms with Gasteiger partial charge in [-0.3, -0.25) is 14.4 Å². The maximum Gasteiger partial charge on any atom is 0.305 e. The smallest absolute Gasteiger partial charge is 0.305 e. The minimum Gasteiger partial charge on any atom is -0.490 e. The van der Waals surface area contributed by atoms with Gasteiger partial charge in [0.05, 0.1) is 24.1 Å². The third-order valence-corrected chi connectivity index (χ3v) is 5.17. The second-order valence-corrected chi connectivity index (χ2v) is 7.28. The fourth-order valence-electron chi connectivity index (χ4n) is 3.75. The molecule has 2 aliphatic heterocycles. The molecule has 2 aliphatic rings. The van der Waals surface area contributed by atoms with Crippen molar-refractivity contribution in [3.63, 3.8) is 0 Å². The quantitative estimate of drug-likeness (QED) is 0.799. The van der Waals surface area contributed by atoms with Crippen LogP contribution in [-0.2, 0) is 14.3 Å². The molecule has 8 nitrogen and oxygen atoms in total. The number of ether oxygens (including phenoxy) is 2. The van der Waals surface area contributed by atoms with Gasteiger partial charge in [0.1, 0.15) is 18.5 Å². The van der Waals surface area contributed by atoms with Gasteiger partial charge in [0, 0.05) is 19.2 Å². The SMILES string of the molecule is CCCC(=O)Nc1ccc2c(c1)C(=O)N(C)[C@@H]1CC[C@H](CC(=O)O)O[C@@H]1CO2. The van der Waals surface area contributed by atoms with E-state index < -0.39 is 5.97 Å². The molecule has 0 aromatic heterocycles. The summed E-state index contributed by atoms with van der Waals surface area (Å²) in [7, 11) is 1.72.